The van der Waals surface area contributed by atoms with Crippen molar-refractivity contribution in [2.24, 2.45) is 0 Å². The quantitative estimate of drug-likeness (QED) is 0.519. The number of rotatable bonds is 8. The van der Waals surface area contributed by atoms with Crippen LogP contribution < -0.4 is 19.1 Å². The van der Waals surface area contributed by atoms with Crippen molar-refractivity contribution in [2.75, 3.05) is 30.4 Å². The minimum Gasteiger partial charge on any atom is -0.497 e. The van der Waals surface area contributed by atoms with E-state index in [-0.39, 0.29) is 17.4 Å². The van der Waals surface area contributed by atoms with E-state index in [1.807, 2.05) is 6.92 Å². The highest BCUT2D eigenvalue weighted by Crippen LogP contribution is 2.24. The molecule has 0 aromatic heterocycles. The number of sulfonamides is 1. The SMILES string of the molecule is COc1cccc(N(C)C(=O)COc2ccc(S(=O)(=O)Nc3ccc(C)c(Cl)c3)cc2)c1. The Morgan fingerprint density at radius 1 is 1.03 bits per heavy atom. The summed E-state index contributed by atoms with van der Waals surface area (Å²) in [5, 5.41) is 0.470. The van der Waals surface area contributed by atoms with Crippen LogP contribution in [0.25, 0.3) is 0 Å². The first-order valence-electron chi connectivity index (χ1n) is 9.62. The normalized spacial score (nSPS) is 11.0. The summed E-state index contributed by atoms with van der Waals surface area (Å²) in [5.74, 6) is 0.740. The van der Waals surface area contributed by atoms with E-state index in [1.54, 1.807) is 56.6 Å². The summed E-state index contributed by atoms with van der Waals surface area (Å²) in [7, 11) is -0.605. The Balaban J connectivity index is 1.62. The second kappa shape index (κ2) is 9.93. The maximum Gasteiger partial charge on any atom is 0.264 e. The molecule has 0 atom stereocenters. The second-order valence-electron chi connectivity index (χ2n) is 6.98. The predicted molar refractivity (Wildman–Crippen MR) is 125 cm³/mol. The second-order valence-corrected chi connectivity index (χ2v) is 9.07. The van der Waals surface area contributed by atoms with Gasteiger partial charge in [-0.1, -0.05) is 23.7 Å². The molecule has 0 saturated carbocycles. The summed E-state index contributed by atoms with van der Waals surface area (Å²) in [6.07, 6.45) is 0. The third-order valence-electron chi connectivity index (χ3n) is 4.74. The van der Waals surface area contributed by atoms with Crippen LogP contribution in [0.15, 0.2) is 71.6 Å². The van der Waals surface area contributed by atoms with E-state index in [4.69, 9.17) is 21.1 Å². The number of methoxy groups -OCH3 is 1. The molecule has 0 heterocycles. The molecule has 0 aliphatic heterocycles. The lowest BCUT2D eigenvalue weighted by atomic mass is 10.2. The predicted octanol–water partition coefficient (Wildman–Crippen LogP) is 4.50. The minimum atomic E-state index is -3.80. The van der Waals surface area contributed by atoms with E-state index in [9.17, 15) is 13.2 Å². The van der Waals surface area contributed by atoms with E-state index in [1.165, 1.54) is 29.2 Å². The number of hydrogen-bond donors (Lipinski definition) is 1. The molecular formula is C23H23ClN2O5S. The molecule has 0 fully saturated rings. The van der Waals surface area contributed by atoms with Crippen molar-refractivity contribution >= 4 is 38.9 Å². The van der Waals surface area contributed by atoms with Crippen molar-refractivity contribution in [1.29, 1.82) is 0 Å². The maximum absolute atomic E-state index is 12.6. The maximum atomic E-state index is 12.6. The van der Waals surface area contributed by atoms with E-state index >= 15 is 0 Å². The first kappa shape index (κ1) is 23.4. The van der Waals surface area contributed by atoms with Gasteiger partial charge in [0.25, 0.3) is 15.9 Å². The molecule has 0 aliphatic carbocycles. The van der Waals surface area contributed by atoms with Gasteiger partial charge in [-0.05, 0) is 61.0 Å². The largest absolute Gasteiger partial charge is 0.497 e. The fourth-order valence-electron chi connectivity index (χ4n) is 2.79. The minimum absolute atomic E-state index is 0.0568. The summed E-state index contributed by atoms with van der Waals surface area (Å²) in [5.41, 5.74) is 1.89. The van der Waals surface area contributed by atoms with Crippen molar-refractivity contribution < 1.29 is 22.7 Å². The van der Waals surface area contributed by atoms with Gasteiger partial charge in [-0.2, -0.15) is 0 Å². The molecule has 0 radical (unpaired) electrons. The van der Waals surface area contributed by atoms with Crippen LogP contribution in [-0.2, 0) is 14.8 Å². The zero-order valence-corrected chi connectivity index (χ0v) is 19.4. The highest BCUT2D eigenvalue weighted by molar-refractivity contribution is 7.92. The molecule has 0 spiro atoms. The van der Waals surface area contributed by atoms with Gasteiger partial charge in [0.2, 0.25) is 0 Å². The number of nitrogens with one attached hydrogen (secondary N) is 1. The summed E-state index contributed by atoms with van der Waals surface area (Å²) in [6.45, 7) is 1.62. The van der Waals surface area contributed by atoms with Crippen molar-refractivity contribution in [3.63, 3.8) is 0 Å². The van der Waals surface area contributed by atoms with Crippen LogP contribution >= 0.6 is 11.6 Å². The Kier molecular flexibility index (Phi) is 7.27. The van der Waals surface area contributed by atoms with Crippen molar-refractivity contribution in [3.05, 3.63) is 77.3 Å². The molecule has 1 amide bonds. The molecule has 3 aromatic rings. The summed E-state index contributed by atoms with van der Waals surface area (Å²) >= 11 is 6.06. The Morgan fingerprint density at radius 3 is 2.41 bits per heavy atom. The van der Waals surface area contributed by atoms with Crippen molar-refractivity contribution in [3.8, 4) is 11.5 Å². The van der Waals surface area contributed by atoms with Crippen LogP contribution in [-0.4, -0.2) is 35.1 Å². The molecular weight excluding hydrogens is 452 g/mol. The molecule has 3 rings (SSSR count). The van der Waals surface area contributed by atoms with Crippen LogP contribution in [0.1, 0.15) is 5.56 Å². The van der Waals surface area contributed by atoms with E-state index in [0.717, 1.165) is 5.56 Å². The Bertz CT molecular complexity index is 1210. The number of ether oxygens (including phenoxy) is 2. The van der Waals surface area contributed by atoms with Crippen molar-refractivity contribution in [1.82, 2.24) is 0 Å². The molecule has 0 aliphatic rings. The molecule has 9 heteroatoms. The number of halogens is 1. The van der Waals surface area contributed by atoms with Gasteiger partial charge in [-0.25, -0.2) is 8.42 Å². The highest BCUT2D eigenvalue weighted by Gasteiger charge is 2.16. The standard InChI is InChI=1S/C23H23ClN2O5S/c1-16-7-8-17(13-22(16)24)25-32(28,29)21-11-9-19(10-12-21)31-15-23(27)26(2)18-5-4-6-20(14-18)30-3/h4-14,25H,15H2,1-3H3. The average Bonchev–Trinajstić information content (AvgIpc) is 2.79. The summed E-state index contributed by atoms with van der Waals surface area (Å²) in [4.78, 5) is 14.0. The Labute approximate surface area is 192 Å². The lowest BCUT2D eigenvalue weighted by Crippen LogP contribution is -2.31. The van der Waals surface area contributed by atoms with Crippen LogP contribution in [0.5, 0.6) is 11.5 Å². The number of aryl methyl sites for hydroxylation is 1. The fraction of sp³-hybridized carbons (Fsp3) is 0.174. The number of benzene rings is 3. The van der Waals surface area contributed by atoms with Gasteiger partial charge in [-0.3, -0.25) is 9.52 Å². The smallest absolute Gasteiger partial charge is 0.264 e. The van der Waals surface area contributed by atoms with Crippen LogP contribution in [0.2, 0.25) is 5.02 Å². The summed E-state index contributed by atoms with van der Waals surface area (Å²) < 4.78 is 38.4. The third-order valence-corrected chi connectivity index (χ3v) is 6.54. The third kappa shape index (κ3) is 5.72. The van der Waals surface area contributed by atoms with Crippen LogP contribution in [0.4, 0.5) is 11.4 Å². The summed E-state index contributed by atoms with van der Waals surface area (Å²) in [6, 6.07) is 17.8. The number of anilines is 2. The van der Waals surface area contributed by atoms with Crippen LogP contribution in [0.3, 0.4) is 0 Å². The molecule has 0 saturated heterocycles. The monoisotopic (exact) mass is 474 g/mol. The molecule has 32 heavy (non-hydrogen) atoms. The molecule has 168 valence electrons. The van der Waals surface area contributed by atoms with Gasteiger partial charge in [0.1, 0.15) is 11.5 Å². The average molecular weight is 475 g/mol. The van der Waals surface area contributed by atoms with Gasteiger partial charge in [0, 0.05) is 23.8 Å². The number of carbonyl (C=O) groups excluding carboxylic acids is 1. The molecule has 7 nitrogen and oxygen atoms in total. The number of hydrogen-bond acceptors (Lipinski definition) is 5. The van der Waals surface area contributed by atoms with Crippen molar-refractivity contribution in [2.45, 2.75) is 11.8 Å². The molecule has 0 bridgehead atoms. The number of likely N-dealkylation sites (N-methyl/N-ethyl adjacent to an activating group) is 1. The lowest BCUT2D eigenvalue weighted by Gasteiger charge is -2.18. The van der Waals surface area contributed by atoms with Gasteiger partial charge < -0.3 is 14.4 Å². The van der Waals surface area contributed by atoms with Gasteiger partial charge >= 0.3 is 0 Å². The number of carbonyl (C=O) groups is 1. The van der Waals surface area contributed by atoms with Gasteiger partial charge in [-0.15, -0.1) is 0 Å². The Morgan fingerprint density at radius 2 is 1.75 bits per heavy atom. The molecule has 3 aromatic carbocycles. The van der Waals surface area contributed by atoms with E-state index in [2.05, 4.69) is 4.72 Å². The van der Waals surface area contributed by atoms with Gasteiger partial charge in [0.15, 0.2) is 6.61 Å². The lowest BCUT2D eigenvalue weighted by molar-refractivity contribution is -0.120. The first-order chi connectivity index (χ1) is 15.2. The molecule has 0 unspecified atom stereocenters. The van der Waals surface area contributed by atoms with E-state index < -0.39 is 10.0 Å². The molecule has 1 N–H and O–H groups in total. The van der Waals surface area contributed by atoms with Crippen LogP contribution in [0, 0.1) is 6.92 Å². The first-order valence-corrected chi connectivity index (χ1v) is 11.5. The number of amides is 1. The van der Waals surface area contributed by atoms with E-state index in [0.29, 0.717) is 27.9 Å². The fourth-order valence-corrected chi connectivity index (χ4v) is 4.02. The van der Waals surface area contributed by atoms with Gasteiger partial charge in [0.05, 0.1) is 17.7 Å². The topological polar surface area (TPSA) is 84.9 Å². The zero-order chi connectivity index (χ0) is 23.3. The zero-order valence-electron chi connectivity index (χ0n) is 17.8. The highest BCUT2D eigenvalue weighted by atomic mass is 35.5. The Hall–Kier alpha value is -3.23. The number of nitrogens with zero attached hydrogens (tertiary/aromatic N) is 1.